The maximum Gasteiger partial charge on any atom is 0.0838 e. The van der Waals surface area contributed by atoms with Crippen molar-refractivity contribution >= 4 is 0 Å². The van der Waals surface area contributed by atoms with Crippen LogP contribution < -0.4 is 5.73 Å². The van der Waals surface area contributed by atoms with Gasteiger partial charge in [-0.15, -0.1) is 0 Å². The number of aliphatic hydroxyl groups excluding tert-OH is 1. The Morgan fingerprint density at radius 3 is 2.45 bits per heavy atom. The molecule has 2 unspecified atom stereocenters. The van der Waals surface area contributed by atoms with Crippen LogP contribution in [0.1, 0.15) is 20.3 Å². The fraction of sp³-hybridized carbons (Fsp3) is 1.00. The van der Waals surface area contributed by atoms with Gasteiger partial charge in [0.25, 0.3) is 0 Å². The van der Waals surface area contributed by atoms with Gasteiger partial charge in [0.15, 0.2) is 0 Å². The molecule has 0 radical (unpaired) electrons. The summed E-state index contributed by atoms with van der Waals surface area (Å²) in [6.07, 6.45) is 0.413. The quantitative estimate of drug-likeness (QED) is 0.612. The van der Waals surface area contributed by atoms with Crippen molar-refractivity contribution < 1.29 is 9.84 Å². The molecule has 0 amide bonds. The normalized spacial score (nSPS) is 19.4. The Bertz CT molecular complexity index is 102. The maximum atomic E-state index is 9.56. The van der Waals surface area contributed by atoms with E-state index >= 15 is 0 Å². The summed E-state index contributed by atoms with van der Waals surface area (Å²) in [6, 6.07) is 0. The number of rotatable bonds is 5. The summed E-state index contributed by atoms with van der Waals surface area (Å²) in [6.45, 7) is 4.85. The molecular weight excluding hydrogens is 142 g/mol. The van der Waals surface area contributed by atoms with E-state index in [-0.39, 0.29) is 5.41 Å². The topological polar surface area (TPSA) is 55.5 Å². The van der Waals surface area contributed by atoms with Gasteiger partial charge in [-0.05, 0) is 6.42 Å². The summed E-state index contributed by atoms with van der Waals surface area (Å²) in [4.78, 5) is 0. The lowest BCUT2D eigenvalue weighted by Gasteiger charge is -2.31. The Hall–Kier alpha value is -0.120. The van der Waals surface area contributed by atoms with Gasteiger partial charge in [0.05, 0.1) is 12.7 Å². The molecule has 0 spiro atoms. The van der Waals surface area contributed by atoms with Gasteiger partial charge in [-0.2, -0.15) is 0 Å². The van der Waals surface area contributed by atoms with Crippen LogP contribution in [0.15, 0.2) is 0 Å². The van der Waals surface area contributed by atoms with E-state index in [0.717, 1.165) is 6.42 Å². The van der Waals surface area contributed by atoms with Gasteiger partial charge < -0.3 is 15.6 Å². The number of aliphatic hydroxyl groups is 1. The van der Waals surface area contributed by atoms with Crippen molar-refractivity contribution in [1.29, 1.82) is 0 Å². The maximum absolute atomic E-state index is 9.56. The van der Waals surface area contributed by atoms with E-state index in [1.807, 2.05) is 13.8 Å². The zero-order valence-corrected chi connectivity index (χ0v) is 7.63. The third kappa shape index (κ3) is 2.77. The lowest BCUT2D eigenvalue weighted by Crippen LogP contribution is -2.41. The van der Waals surface area contributed by atoms with Gasteiger partial charge in [0.2, 0.25) is 0 Å². The third-order valence-electron chi connectivity index (χ3n) is 2.40. The van der Waals surface area contributed by atoms with Crippen molar-refractivity contribution in [3.63, 3.8) is 0 Å². The van der Waals surface area contributed by atoms with Crippen LogP contribution in [0.3, 0.4) is 0 Å². The SMILES string of the molecule is CCC(C)(CN)C(O)COC. The molecule has 0 aromatic carbocycles. The zero-order valence-electron chi connectivity index (χ0n) is 7.63. The van der Waals surface area contributed by atoms with Gasteiger partial charge in [-0.3, -0.25) is 0 Å². The van der Waals surface area contributed by atoms with Crippen molar-refractivity contribution in [3.05, 3.63) is 0 Å². The summed E-state index contributed by atoms with van der Waals surface area (Å²) < 4.78 is 4.85. The summed E-state index contributed by atoms with van der Waals surface area (Å²) in [5.74, 6) is 0. The number of hydrogen-bond donors (Lipinski definition) is 2. The van der Waals surface area contributed by atoms with E-state index in [1.54, 1.807) is 7.11 Å². The molecule has 0 aliphatic heterocycles. The van der Waals surface area contributed by atoms with Gasteiger partial charge in [0, 0.05) is 19.1 Å². The molecular formula is C8H19NO2. The van der Waals surface area contributed by atoms with Crippen LogP contribution >= 0.6 is 0 Å². The van der Waals surface area contributed by atoms with E-state index < -0.39 is 6.10 Å². The van der Waals surface area contributed by atoms with Crippen LogP contribution in [-0.2, 0) is 4.74 Å². The molecule has 0 aliphatic carbocycles. The molecule has 0 heterocycles. The largest absolute Gasteiger partial charge is 0.390 e. The standard InChI is InChI=1S/C8H19NO2/c1-4-8(2,6-9)7(10)5-11-3/h7,10H,4-6,9H2,1-3H3. The molecule has 0 saturated carbocycles. The van der Waals surface area contributed by atoms with E-state index in [1.165, 1.54) is 0 Å². The van der Waals surface area contributed by atoms with E-state index in [2.05, 4.69) is 0 Å². The van der Waals surface area contributed by atoms with E-state index in [9.17, 15) is 5.11 Å². The fourth-order valence-corrected chi connectivity index (χ4v) is 0.875. The first-order valence-electron chi connectivity index (χ1n) is 3.97. The molecule has 0 aliphatic rings. The second-order valence-corrected chi connectivity index (χ2v) is 3.18. The zero-order chi connectivity index (χ0) is 8.91. The molecule has 0 aromatic heterocycles. The number of ether oxygens (including phenoxy) is 1. The first kappa shape index (κ1) is 10.9. The highest BCUT2D eigenvalue weighted by atomic mass is 16.5. The Balaban J connectivity index is 4.00. The van der Waals surface area contributed by atoms with Crippen LogP contribution in [0.25, 0.3) is 0 Å². The summed E-state index contributed by atoms with van der Waals surface area (Å²) in [5, 5.41) is 9.56. The highest BCUT2D eigenvalue weighted by molar-refractivity contribution is 4.81. The molecule has 0 aromatic rings. The second kappa shape index (κ2) is 4.70. The van der Waals surface area contributed by atoms with Crippen LogP contribution in [0.5, 0.6) is 0 Å². The summed E-state index contributed by atoms with van der Waals surface area (Å²) >= 11 is 0. The monoisotopic (exact) mass is 161 g/mol. The molecule has 0 fully saturated rings. The van der Waals surface area contributed by atoms with Crippen molar-refractivity contribution in [2.75, 3.05) is 20.3 Å². The number of nitrogens with two attached hydrogens (primary N) is 1. The average molecular weight is 161 g/mol. The second-order valence-electron chi connectivity index (χ2n) is 3.18. The molecule has 0 bridgehead atoms. The molecule has 2 atom stereocenters. The fourth-order valence-electron chi connectivity index (χ4n) is 0.875. The van der Waals surface area contributed by atoms with Gasteiger partial charge in [-0.1, -0.05) is 13.8 Å². The lowest BCUT2D eigenvalue weighted by molar-refractivity contribution is -0.0185. The molecule has 11 heavy (non-hydrogen) atoms. The van der Waals surface area contributed by atoms with Crippen LogP contribution in [0.2, 0.25) is 0 Å². The minimum absolute atomic E-state index is 0.198. The highest BCUT2D eigenvalue weighted by Crippen LogP contribution is 2.24. The van der Waals surface area contributed by atoms with Crippen LogP contribution in [0.4, 0.5) is 0 Å². The van der Waals surface area contributed by atoms with Crippen molar-refractivity contribution in [1.82, 2.24) is 0 Å². The van der Waals surface area contributed by atoms with Crippen molar-refractivity contribution in [3.8, 4) is 0 Å². The lowest BCUT2D eigenvalue weighted by atomic mass is 9.82. The minimum atomic E-state index is -0.456. The molecule has 3 N–H and O–H groups in total. The predicted octanol–water partition coefficient (Wildman–Crippen LogP) is 0.369. The first-order valence-corrected chi connectivity index (χ1v) is 3.97. The third-order valence-corrected chi connectivity index (χ3v) is 2.40. The van der Waals surface area contributed by atoms with E-state index in [0.29, 0.717) is 13.2 Å². The van der Waals surface area contributed by atoms with Gasteiger partial charge in [-0.25, -0.2) is 0 Å². The molecule has 0 rings (SSSR count). The Morgan fingerprint density at radius 1 is 1.64 bits per heavy atom. The number of methoxy groups -OCH3 is 1. The predicted molar refractivity (Wildman–Crippen MR) is 45.3 cm³/mol. The Labute approximate surface area is 68.5 Å². The molecule has 0 saturated heterocycles. The Morgan fingerprint density at radius 2 is 2.18 bits per heavy atom. The molecule has 3 nitrogen and oxygen atoms in total. The van der Waals surface area contributed by atoms with E-state index in [4.69, 9.17) is 10.5 Å². The summed E-state index contributed by atoms with van der Waals surface area (Å²) in [5.41, 5.74) is 5.33. The highest BCUT2D eigenvalue weighted by Gasteiger charge is 2.29. The van der Waals surface area contributed by atoms with Crippen molar-refractivity contribution in [2.24, 2.45) is 11.1 Å². The molecule has 3 heteroatoms. The molecule has 68 valence electrons. The van der Waals surface area contributed by atoms with Gasteiger partial charge >= 0.3 is 0 Å². The smallest absolute Gasteiger partial charge is 0.0838 e. The van der Waals surface area contributed by atoms with Crippen LogP contribution in [-0.4, -0.2) is 31.5 Å². The Kier molecular flexibility index (Phi) is 4.65. The average Bonchev–Trinajstić information content (AvgIpc) is 2.03. The number of hydrogen-bond acceptors (Lipinski definition) is 3. The minimum Gasteiger partial charge on any atom is -0.390 e. The summed E-state index contributed by atoms with van der Waals surface area (Å²) in [7, 11) is 1.58. The van der Waals surface area contributed by atoms with Crippen molar-refractivity contribution in [2.45, 2.75) is 26.4 Å². The van der Waals surface area contributed by atoms with Gasteiger partial charge in [0.1, 0.15) is 0 Å². The first-order chi connectivity index (χ1) is 5.10. The van der Waals surface area contributed by atoms with Crippen LogP contribution in [0, 0.1) is 5.41 Å².